The lowest BCUT2D eigenvalue weighted by molar-refractivity contribution is 0.102. The van der Waals surface area contributed by atoms with Gasteiger partial charge in [0.05, 0.1) is 23.4 Å². The molecule has 7 nitrogen and oxygen atoms in total. The normalized spacial score (nSPS) is 12.7. The molecule has 3 aromatic rings. The maximum Gasteiger partial charge on any atom is 0.263 e. The number of hydrogen-bond acceptors (Lipinski definition) is 5. The van der Waals surface area contributed by atoms with Crippen LogP contribution < -0.4 is 19.5 Å². The van der Waals surface area contributed by atoms with E-state index in [1.165, 1.54) is 43.5 Å². The van der Waals surface area contributed by atoms with Crippen molar-refractivity contribution >= 4 is 38.9 Å². The van der Waals surface area contributed by atoms with Gasteiger partial charge in [0.2, 0.25) is 0 Å². The van der Waals surface area contributed by atoms with Crippen LogP contribution in [0.3, 0.4) is 0 Å². The number of benzene rings is 3. The van der Waals surface area contributed by atoms with Crippen LogP contribution in [-0.2, 0) is 10.0 Å². The molecule has 0 bridgehead atoms. The molecule has 1 amide bonds. The van der Waals surface area contributed by atoms with E-state index < -0.39 is 15.9 Å². The summed E-state index contributed by atoms with van der Waals surface area (Å²) in [6, 6.07) is 15.7. The molecule has 4 rings (SSSR count). The van der Waals surface area contributed by atoms with Crippen LogP contribution in [0.15, 0.2) is 65.6 Å². The lowest BCUT2D eigenvalue weighted by Gasteiger charge is -2.12. The molecule has 0 spiro atoms. The standard InChI is InChI=1S/C20H15ClN2O5S/c1-27-13-7-9-19(15(21)11-13)29(25,26)23-12-6-8-17-14(10-12)20(24)22-16-4-2-3-5-18(16)28-17/h2-11,23H,1H3,(H,22,24). The molecule has 1 aliphatic heterocycles. The zero-order chi connectivity index (χ0) is 20.6. The lowest BCUT2D eigenvalue weighted by atomic mass is 10.1. The van der Waals surface area contributed by atoms with Gasteiger partial charge in [-0.1, -0.05) is 23.7 Å². The highest BCUT2D eigenvalue weighted by Crippen LogP contribution is 2.37. The van der Waals surface area contributed by atoms with E-state index >= 15 is 0 Å². The summed E-state index contributed by atoms with van der Waals surface area (Å²) in [5.41, 5.74) is 0.920. The molecule has 0 saturated carbocycles. The Balaban J connectivity index is 1.66. The fourth-order valence-corrected chi connectivity index (χ4v) is 4.45. The third-order valence-electron chi connectivity index (χ3n) is 4.26. The number of amides is 1. The summed E-state index contributed by atoms with van der Waals surface area (Å²) in [7, 11) is -2.53. The van der Waals surface area contributed by atoms with E-state index in [1.54, 1.807) is 24.3 Å². The van der Waals surface area contributed by atoms with Gasteiger partial charge in [-0.25, -0.2) is 8.42 Å². The van der Waals surface area contributed by atoms with E-state index in [-0.39, 0.29) is 21.2 Å². The number of carbonyl (C=O) groups is 1. The molecule has 29 heavy (non-hydrogen) atoms. The molecular weight excluding hydrogens is 416 g/mol. The van der Waals surface area contributed by atoms with Crippen molar-refractivity contribution in [2.45, 2.75) is 4.90 Å². The maximum absolute atomic E-state index is 12.7. The first-order valence-electron chi connectivity index (χ1n) is 8.46. The van der Waals surface area contributed by atoms with Gasteiger partial charge in [-0.15, -0.1) is 0 Å². The SMILES string of the molecule is COc1ccc(S(=O)(=O)Nc2ccc3c(c2)C(=O)Nc2ccccc2O3)c(Cl)c1. The number of fused-ring (bicyclic) bond motifs is 2. The molecule has 0 unspecified atom stereocenters. The van der Waals surface area contributed by atoms with Gasteiger partial charge in [-0.3, -0.25) is 9.52 Å². The molecule has 0 atom stereocenters. The van der Waals surface area contributed by atoms with Gasteiger partial charge < -0.3 is 14.8 Å². The topological polar surface area (TPSA) is 93.7 Å². The zero-order valence-corrected chi connectivity index (χ0v) is 16.7. The summed E-state index contributed by atoms with van der Waals surface area (Å²) >= 11 is 6.09. The fourth-order valence-electron chi connectivity index (χ4n) is 2.86. The van der Waals surface area contributed by atoms with Crippen molar-refractivity contribution in [3.63, 3.8) is 0 Å². The molecule has 1 aliphatic rings. The number of carbonyl (C=O) groups excluding carboxylic acids is 1. The number of para-hydroxylation sites is 2. The average molecular weight is 431 g/mol. The van der Waals surface area contributed by atoms with Gasteiger partial charge in [-0.05, 0) is 42.5 Å². The number of ether oxygens (including phenoxy) is 2. The first-order valence-corrected chi connectivity index (χ1v) is 10.3. The molecular formula is C20H15ClN2O5S. The van der Waals surface area contributed by atoms with Gasteiger partial charge in [0.1, 0.15) is 16.4 Å². The molecule has 9 heteroatoms. The molecule has 0 aromatic heterocycles. The predicted octanol–water partition coefficient (Wildman–Crippen LogP) is 4.51. The van der Waals surface area contributed by atoms with E-state index in [4.69, 9.17) is 21.1 Å². The van der Waals surface area contributed by atoms with Crippen molar-refractivity contribution in [2.24, 2.45) is 0 Å². The van der Waals surface area contributed by atoms with E-state index in [1.807, 2.05) is 0 Å². The summed E-state index contributed by atoms with van der Waals surface area (Å²) in [6.07, 6.45) is 0. The minimum atomic E-state index is -3.99. The van der Waals surface area contributed by atoms with Crippen LogP contribution in [0, 0.1) is 0 Å². The van der Waals surface area contributed by atoms with Crippen molar-refractivity contribution in [3.8, 4) is 17.2 Å². The molecule has 1 heterocycles. The van der Waals surface area contributed by atoms with Crippen molar-refractivity contribution in [2.75, 3.05) is 17.1 Å². The second-order valence-corrected chi connectivity index (χ2v) is 8.22. The predicted molar refractivity (Wildman–Crippen MR) is 110 cm³/mol. The molecule has 2 N–H and O–H groups in total. The first kappa shape index (κ1) is 19.1. The van der Waals surface area contributed by atoms with Crippen molar-refractivity contribution in [1.82, 2.24) is 0 Å². The molecule has 148 valence electrons. The number of sulfonamides is 1. The van der Waals surface area contributed by atoms with Crippen LogP contribution in [0.5, 0.6) is 17.2 Å². The lowest BCUT2D eigenvalue weighted by Crippen LogP contribution is -2.15. The van der Waals surface area contributed by atoms with Gasteiger partial charge >= 0.3 is 0 Å². The second kappa shape index (κ2) is 7.31. The molecule has 0 fully saturated rings. The Bertz CT molecular complexity index is 1230. The third kappa shape index (κ3) is 3.72. The third-order valence-corrected chi connectivity index (χ3v) is 6.12. The van der Waals surface area contributed by atoms with Crippen molar-refractivity contribution in [1.29, 1.82) is 0 Å². The number of rotatable bonds is 4. The quantitative estimate of drug-likeness (QED) is 0.635. The molecule has 0 radical (unpaired) electrons. The Kier molecular flexibility index (Phi) is 4.81. The second-order valence-electron chi connectivity index (χ2n) is 6.17. The van der Waals surface area contributed by atoms with Gasteiger partial charge in [0.25, 0.3) is 15.9 Å². The van der Waals surface area contributed by atoms with Gasteiger partial charge in [-0.2, -0.15) is 0 Å². The summed E-state index contributed by atoms with van der Waals surface area (Å²) in [5.74, 6) is 0.844. The number of halogens is 1. The van der Waals surface area contributed by atoms with Crippen LogP contribution in [0.2, 0.25) is 5.02 Å². The monoisotopic (exact) mass is 430 g/mol. The summed E-state index contributed by atoms with van der Waals surface area (Å²) in [5, 5.41) is 2.76. The van der Waals surface area contributed by atoms with Crippen molar-refractivity contribution in [3.05, 3.63) is 71.2 Å². The molecule has 3 aromatic carbocycles. The van der Waals surface area contributed by atoms with Crippen LogP contribution >= 0.6 is 11.6 Å². The number of anilines is 2. The Morgan fingerprint density at radius 3 is 2.59 bits per heavy atom. The Morgan fingerprint density at radius 1 is 1.03 bits per heavy atom. The highest BCUT2D eigenvalue weighted by molar-refractivity contribution is 7.92. The van der Waals surface area contributed by atoms with E-state index in [0.29, 0.717) is 22.9 Å². The Morgan fingerprint density at radius 2 is 1.83 bits per heavy atom. The summed E-state index contributed by atoms with van der Waals surface area (Å²) in [4.78, 5) is 12.5. The van der Waals surface area contributed by atoms with Crippen LogP contribution in [0.25, 0.3) is 0 Å². The summed E-state index contributed by atoms with van der Waals surface area (Å²) < 4.78 is 38.8. The Labute approximate surface area is 172 Å². The highest BCUT2D eigenvalue weighted by atomic mass is 35.5. The number of nitrogens with one attached hydrogen (secondary N) is 2. The van der Waals surface area contributed by atoms with Gasteiger partial charge in [0, 0.05) is 11.8 Å². The maximum atomic E-state index is 12.7. The zero-order valence-electron chi connectivity index (χ0n) is 15.1. The van der Waals surface area contributed by atoms with Crippen LogP contribution in [-0.4, -0.2) is 21.4 Å². The van der Waals surface area contributed by atoms with E-state index in [0.717, 1.165) is 0 Å². The molecule has 0 saturated heterocycles. The largest absolute Gasteiger partial charge is 0.497 e. The minimum Gasteiger partial charge on any atom is -0.497 e. The van der Waals surface area contributed by atoms with Crippen LogP contribution in [0.1, 0.15) is 10.4 Å². The first-order chi connectivity index (χ1) is 13.9. The number of methoxy groups -OCH3 is 1. The fraction of sp³-hybridized carbons (Fsp3) is 0.0500. The van der Waals surface area contributed by atoms with Crippen LogP contribution in [0.4, 0.5) is 11.4 Å². The van der Waals surface area contributed by atoms with E-state index in [9.17, 15) is 13.2 Å². The molecule has 0 aliphatic carbocycles. The minimum absolute atomic E-state index is 0.0168. The van der Waals surface area contributed by atoms with Gasteiger partial charge in [0.15, 0.2) is 5.75 Å². The summed E-state index contributed by atoms with van der Waals surface area (Å²) in [6.45, 7) is 0. The smallest absolute Gasteiger partial charge is 0.263 e. The highest BCUT2D eigenvalue weighted by Gasteiger charge is 2.23. The number of hydrogen-bond donors (Lipinski definition) is 2. The average Bonchev–Trinajstić information content (AvgIpc) is 2.83. The van der Waals surface area contributed by atoms with E-state index in [2.05, 4.69) is 10.0 Å². The van der Waals surface area contributed by atoms with Crippen molar-refractivity contribution < 1.29 is 22.7 Å². The Hall–Kier alpha value is -3.23.